The number of hydrogen-bond acceptors (Lipinski definition) is 6. The smallest absolute Gasteiger partial charge is 0.222 e. The summed E-state index contributed by atoms with van der Waals surface area (Å²) in [6, 6.07) is 15.7. The van der Waals surface area contributed by atoms with Crippen molar-refractivity contribution in [3.8, 4) is 35.2 Å². The zero-order valence-corrected chi connectivity index (χ0v) is 19.5. The Hall–Kier alpha value is -3.22. The number of rotatable bonds is 13. The number of aliphatic hydroxyl groups is 1. The number of benzene rings is 2. The molecule has 1 aromatic heterocycles. The number of terminal acetylenes is 1. The first-order valence-electron chi connectivity index (χ1n) is 11.0. The zero-order chi connectivity index (χ0) is 24.3. The maximum Gasteiger partial charge on any atom is 0.222 e. The van der Waals surface area contributed by atoms with Crippen molar-refractivity contribution in [1.82, 2.24) is 14.7 Å². The Morgan fingerprint density at radius 2 is 2.00 bits per heavy atom. The van der Waals surface area contributed by atoms with Crippen LogP contribution in [-0.4, -0.2) is 65.9 Å². The molecule has 34 heavy (non-hydrogen) atoms. The van der Waals surface area contributed by atoms with Gasteiger partial charge in [-0.05, 0) is 12.1 Å². The van der Waals surface area contributed by atoms with Gasteiger partial charge in [0.25, 0.3) is 0 Å². The molecule has 7 nitrogen and oxygen atoms in total. The molecular formula is C26H30FN3O4. The summed E-state index contributed by atoms with van der Waals surface area (Å²) >= 11 is 0. The van der Waals surface area contributed by atoms with Crippen molar-refractivity contribution >= 4 is 0 Å². The van der Waals surface area contributed by atoms with Crippen molar-refractivity contribution in [3.63, 3.8) is 0 Å². The second-order valence-corrected chi connectivity index (χ2v) is 7.78. The van der Waals surface area contributed by atoms with Gasteiger partial charge in [-0.3, -0.25) is 4.90 Å². The third kappa shape index (κ3) is 7.14. The van der Waals surface area contributed by atoms with E-state index in [0.717, 1.165) is 16.8 Å². The Kier molecular flexibility index (Phi) is 9.62. The second kappa shape index (κ2) is 12.9. The standard InChI is InChI=1S/C26H30FN3O4/c1-4-14-33-19-22(31)17-30(13-15-32-3)18-24-25(20-9-6-5-7-10-20)28-29(2)26(24)34-23-12-8-11-21(27)16-23/h1,5-12,16,22,31H,13-15,17-19H2,2-3H3/t22-/m0/s1. The van der Waals surface area contributed by atoms with Crippen molar-refractivity contribution < 1.29 is 23.7 Å². The molecule has 0 unspecified atom stereocenters. The average Bonchev–Trinajstić information content (AvgIpc) is 3.13. The molecule has 3 rings (SSSR count). The molecule has 1 N–H and O–H groups in total. The summed E-state index contributed by atoms with van der Waals surface area (Å²) in [5, 5.41) is 15.2. The van der Waals surface area contributed by atoms with E-state index >= 15 is 0 Å². The molecule has 0 fully saturated rings. The molecule has 180 valence electrons. The lowest BCUT2D eigenvalue weighted by molar-refractivity contribution is 0.0206. The van der Waals surface area contributed by atoms with Crippen LogP contribution in [0.25, 0.3) is 11.3 Å². The maximum absolute atomic E-state index is 13.8. The number of ether oxygens (including phenoxy) is 3. The molecule has 1 heterocycles. The second-order valence-electron chi connectivity index (χ2n) is 7.78. The minimum Gasteiger partial charge on any atom is -0.439 e. The topological polar surface area (TPSA) is 69.0 Å². The van der Waals surface area contributed by atoms with E-state index in [1.54, 1.807) is 31.0 Å². The van der Waals surface area contributed by atoms with Crippen molar-refractivity contribution in [1.29, 1.82) is 0 Å². The highest BCUT2D eigenvalue weighted by Crippen LogP contribution is 2.34. The Morgan fingerprint density at radius 3 is 2.71 bits per heavy atom. The Labute approximate surface area is 199 Å². The highest BCUT2D eigenvalue weighted by Gasteiger charge is 2.23. The number of halogens is 1. The number of aromatic nitrogens is 2. The molecular weight excluding hydrogens is 437 g/mol. The van der Waals surface area contributed by atoms with Gasteiger partial charge in [0, 0.05) is 45.4 Å². The minimum absolute atomic E-state index is 0.124. The summed E-state index contributed by atoms with van der Waals surface area (Å²) in [6.07, 6.45) is 4.48. The predicted molar refractivity (Wildman–Crippen MR) is 128 cm³/mol. The van der Waals surface area contributed by atoms with Crippen molar-refractivity contribution in [2.75, 3.05) is 40.0 Å². The Morgan fingerprint density at radius 1 is 1.21 bits per heavy atom. The fraction of sp³-hybridized carbons (Fsp3) is 0.346. The van der Waals surface area contributed by atoms with Crippen molar-refractivity contribution in [3.05, 3.63) is 66.0 Å². The van der Waals surface area contributed by atoms with E-state index in [-0.39, 0.29) is 19.0 Å². The van der Waals surface area contributed by atoms with Gasteiger partial charge in [0.1, 0.15) is 23.9 Å². The van der Waals surface area contributed by atoms with Gasteiger partial charge in [0.15, 0.2) is 0 Å². The van der Waals surface area contributed by atoms with Gasteiger partial charge in [-0.15, -0.1) is 6.42 Å². The summed E-state index contributed by atoms with van der Waals surface area (Å²) in [5.74, 6) is 2.87. The third-order valence-electron chi connectivity index (χ3n) is 5.10. The van der Waals surface area contributed by atoms with Crippen LogP contribution in [0, 0.1) is 18.2 Å². The zero-order valence-electron chi connectivity index (χ0n) is 19.5. The van der Waals surface area contributed by atoms with Gasteiger partial charge in [0.05, 0.1) is 24.9 Å². The van der Waals surface area contributed by atoms with E-state index in [9.17, 15) is 9.50 Å². The summed E-state index contributed by atoms with van der Waals surface area (Å²) < 4.78 is 32.1. The number of methoxy groups -OCH3 is 1. The largest absolute Gasteiger partial charge is 0.439 e. The number of aliphatic hydroxyl groups excluding tert-OH is 1. The van der Waals surface area contributed by atoms with Crippen molar-refractivity contribution in [2.24, 2.45) is 7.05 Å². The van der Waals surface area contributed by atoms with Gasteiger partial charge >= 0.3 is 0 Å². The Balaban J connectivity index is 1.93. The van der Waals surface area contributed by atoms with Crippen LogP contribution in [0.1, 0.15) is 5.56 Å². The van der Waals surface area contributed by atoms with Crippen LogP contribution < -0.4 is 4.74 Å². The molecule has 0 saturated heterocycles. The molecule has 8 heteroatoms. The quantitative estimate of drug-likeness (QED) is 0.307. The van der Waals surface area contributed by atoms with E-state index in [2.05, 4.69) is 5.92 Å². The third-order valence-corrected chi connectivity index (χ3v) is 5.10. The molecule has 0 bridgehead atoms. The van der Waals surface area contributed by atoms with E-state index in [0.29, 0.717) is 37.9 Å². The first-order valence-corrected chi connectivity index (χ1v) is 11.0. The normalized spacial score (nSPS) is 12.0. The number of nitrogens with zero attached hydrogens (tertiary/aromatic N) is 3. The molecule has 0 spiro atoms. The van der Waals surface area contributed by atoms with E-state index in [1.165, 1.54) is 12.1 Å². The molecule has 0 aliphatic heterocycles. The van der Waals surface area contributed by atoms with Gasteiger partial charge in [0.2, 0.25) is 5.88 Å². The number of hydrogen-bond donors (Lipinski definition) is 1. The van der Waals surface area contributed by atoms with Gasteiger partial charge in [-0.2, -0.15) is 5.10 Å². The lowest BCUT2D eigenvalue weighted by atomic mass is 10.1. The molecule has 3 aromatic rings. The molecule has 0 saturated carbocycles. The summed E-state index contributed by atoms with van der Waals surface area (Å²) in [6.45, 7) is 2.04. The van der Waals surface area contributed by atoms with E-state index < -0.39 is 6.10 Å². The van der Waals surface area contributed by atoms with Crippen LogP contribution in [-0.2, 0) is 23.1 Å². The summed E-state index contributed by atoms with van der Waals surface area (Å²) in [5.41, 5.74) is 2.48. The van der Waals surface area contributed by atoms with E-state index in [4.69, 9.17) is 25.7 Å². The van der Waals surface area contributed by atoms with Crippen molar-refractivity contribution in [2.45, 2.75) is 12.6 Å². The number of aryl methyl sites for hydroxylation is 1. The van der Waals surface area contributed by atoms with Gasteiger partial charge < -0.3 is 19.3 Å². The first kappa shape index (κ1) is 25.4. The molecule has 0 aliphatic rings. The van der Waals surface area contributed by atoms with Crippen LogP contribution in [0.2, 0.25) is 0 Å². The van der Waals surface area contributed by atoms with Gasteiger partial charge in [-0.1, -0.05) is 42.3 Å². The highest BCUT2D eigenvalue weighted by atomic mass is 19.1. The van der Waals surface area contributed by atoms with Crippen LogP contribution in [0.5, 0.6) is 11.6 Å². The molecule has 0 aliphatic carbocycles. The highest BCUT2D eigenvalue weighted by molar-refractivity contribution is 5.65. The lowest BCUT2D eigenvalue weighted by Gasteiger charge is -2.25. The fourth-order valence-electron chi connectivity index (χ4n) is 3.58. The average molecular weight is 468 g/mol. The lowest BCUT2D eigenvalue weighted by Crippen LogP contribution is -2.36. The Bertz CT molecular complexity index is 1080. The van der Waals surface area contributed by atoms with Crippen LogP contribution >= 0.6 is 0 Å². The maximum atomic E-state index is 13.8. The first-order chi connectivity index (χ1) is 16.5. The van der Waals surface area contributed by atoms with Crippen LogP contribution in [0.3, 0.4) is 0 Å². The van der Waals surface area contributed by atoms with Crippen LogP contribution in [0.4, 0.5) is 4.39 Å². The molecule has 0 amide bonds. The molecule has 2 aromatic carbocycles. The van der Waals surface area contributed by atoms with Gasteiger partial charge in [-0.25, -0.2) is 9.07 Å². The summed E-state index contributed by atoms with van der Waals surface area (Å²) in [7, 11) is 3.41. The van der Waals surface area contributed by atoms with Crippen LogP contribution in [0.15, 0.2) is 54.6 Å². The molecule has 0 radical (unpaired) electrons. The molecule has 1 atom stereocenters. The summed E-state index contributed by atoms with van der Waals surface area (Å²) in [4.78, 5) is 2.04. The minimum atomic E-state index is -0.741. The predicted octanol–water partition coefficient (Wildman–Crippen LogP) is 3.48. The SMILES string of the molecule is C#CCOC[C@@H](O)CN(CCOC)Cc1c(-c2ccccc2)nn(C)c1Oc1cccc(F)c1. The fourth-order valence-corrected chi connectivity index (χ4v) is 3.58. The monoisotopic (exact) mass is 467 g/mol. The van der Waals surface area contributed by atoms with E-state index in [1.807, 2.05) is 35.2 Å².